The average molecular weight is 327 g/mol. The molecule has 2 aromatic heterocycles. The highest BCUT2D eigenvalue weighted by Gasteiger charge is 2.16. The number of amides is 1. The number of carbonyl (C=O) groups is 1. The molecule has 24 heavy (non-hydrogen) atoms. The van der Waals surface area contributed by atoms with Crippen LogP contribution in [0.3, 0.4) is 0 Å². The summed E-state index contributed by atoms with van der Waals surface area (Å²) in [6.45, 7) is 0. The van der Waals surface area contributed by atoms with Crippen LogP contribution in [0.5, 0.6) is 5.75 Å². The summed E-state index contributed by atoms with van der Waals surface area (Å²) in [6, 6.07) is 8.02. The van der Waals surface area contributed by atoms with Crippen molar-refractivity contribution in [2.75, 3.05) is 7.11 Å². The average Bonchev–Trinajstić information content (AvgIpc) is 2.57. The molecule has 0 aliphatic carbocycles. The zero-order valence-electron chi connectivity index (χ0n) is 12.8. The van der Waals surface area contributed by atoms with Crippen molar-refractivity contribution in [1.29, 1.82) is 0 Å². The molecule has 0 spiro atoms. The van der Waals surface area contributed by atoms with Crippen molar-refractivity contribution in [3.8, 4) is 5.75 Å². The molecule has 0 aliphatic heterocycles. The molecule has 0 unspecified atom stereocenters. The van der Waals surface area contributed by atoms with Gasteiger partial charge in [-0.2, -0.15) is 0 Å². The van der Waals surface area contributed by atoms with Crippen molar-refractivity contribution in [2.24, 2.45) is 0 Å². The summed E-state index contributed by atoms with van der Waals surface area (Å²) in [4.78, 5) is 24.4. The Morgan fingerprint density at radius 1 is 1.21 bits per heavy atom. The second kappa shape index (κ2) is 6.59. The Morgan fingerprint density at radius 2 is 1.96 bits per heavy atom. The molecule has 0 radical (unpaired) electrons. The predicted molar refractivity (Wildman–Crippen MR) is 84.9 cm³/mol. The first-order chi connectivity index (χ1) is 11.6. The molecular weight excluding hydrogens is 313 g/mol. The fraction of sp³-hybridized carbons (Fsp3) is 0.118. The lowest BCUT2D eigenvalue weighted by Crippen LogP contribution is -2.23. The van der Waals surface area contributed by atoms with Gasteiger partial charge in [-0.1, -0.05) is 12.1 Å². The molecule has 0 saturated carbocycles. The topological polar surface area (TPSA) is 84.3 Å². The van der Waals surface area contributed by atoms with Gasteiger partial charge in [0.1, 0.15) is 11.3 Å². The quantitative estimate of drug-likeness (QED) is 0.719. The van der Waals surface area contributed by atoms with E-state index in [1.165, 1.54) is 25.4 Å². The maximum atomic E-state index is 12.9. The monoisotopic (exact) mass is 327 g/mol. The van der Waals surface area contributed by atoms with Crippen LogP contribution >= 0.6 is 0 Å². The highest BCUT2D eigenvalue weighted by atomic mass is 19.1. The third kappa shape index (κ3) is 3.16. The van der Waals surface area contributed by atoms with Gasteiger partial charge in [-0.3, -0.25) is 14.6 Å². The normalized spacial score (nSPS) is 10.8. The van der Waals surface area contributed by atoms with Crippen molar-refractivity contribution in [2.45, 2.75) is 6.42 Å². The first-order valence-corrected chi connectivity index (χ1v) is 7.13. The summed E-state index contributed by atoms with van der Waals surface area (Å²) < 4.78 is 12.9. The molecule has 122 valence electrons. The molecule has 0 bridgehead atoms. The fourth-order valence-electron chi connectivity index (χ4n) is 2.37. The fourth-order valence-corrected chi connectivity index (χ4v) is 2.37. The molecule has 2 heterocycles. The van der Waals surface area contributed by atoms with E-state index in [2.05, 4.69) is 20.3 Å². The Kier molecular flexibility index (Phi) is 4.35. The summed E-state index contributed by atoms with van der Waals surface area (Å²) in [6.07, 6.45) is 3.63. The van der Waals surface area contributed by atoms with Gasteiger partial charge in [0.05, 0.1) is 7.11 Å². The number of pyridine rings is 2. The Bertz CT molecular complexity index is 897. The van der Waals surface area contributed by atoms with Crippen molar-refractivity contribution in [1.82, 2.24) is 15.4 Å². The number of hydroxylamine groups is 1. The van der Waals surface area contributed by atoms with Crippen molar-refractivity contribution in [3.63, 3.8) is 0 Å². The standard InChI is InChI=1S/C17H14FN3O3/c1-24-21-17(23)15-16(22)14-12(9-20-15)7-11(8-19-14)6-10-2-4-13(18)5-3-10/h2-5,7-9,22H,6H2,1H3,(H,21,23). The van der Waals surface area contributed by atoms with Gasteiger partial charge >= 0.3 is 0 Å². The smallest absolute Gasteiger partial charge is 0.297 e. The second-order valence-electron chi connectivity index (χ2n) is 5.18. The number of rotatable bonds is 4. The summed E-state index contributed by atoms with van der Waals surface area (Å²) in [5.41, 5.74) is 4.02. The van der Waals surface area contributed by atoms with E-state index in [4.69, 9.17) is 0 Å². The molecule has 0 aliphatic rings. The minimum atomic E-state index is -0.658. The Labute approximate surface area is 136 Å². The summed E-state index contributed by atoms with van der Waals surface area (Å²) in [5.74, 6) is -1.25. The van der Waals surface area contributed by atoms with Crippen molar-refractivity contribution >= 4 is 16.8 Å². The molecule has 0 fully saturated rings. The van der Waals surface area contributed by atoms with E-state index in [1.807, 2.05) is 6.07 Å². The SMILES string of the molecule is CONC(=O)c1ncc2cc(Cc3ccc(F)cc3)cnc2c1O. The van der Waals surface area contributed by atoms with Gasteiger partial charge < -0.3 is 5.11 Å². The van der Waals surface area contributed by atoms with Crippen molar-refractivity contribution in [3.05, 3.63) is 65.4 Å². The number of hydrogen-bond acceptors (Lipinski definition) is 5. The van der Waals surface area contributed by atoms with Gasteiger partial charge in [0, 0.05) is 17.8 Å². The molecule has 3 aromatic rings. The second-order valence-corrected chi connectivity index (χ2v) is 5.18. The van der Waals surface area contributed by atoms with E-state index in [0.717, 1.165) is 11.1 Å². The van der Waals surface area contributed by atoms with Crippen LogP contribution in [0.4, 0.5) is 4.39 Å². The van der Waals surface area contributed by atoms with Crippen LogP contribution in [0.15, 0.2) is 42.7 Å². The van der Waals surface area contributed by atoms with E-state index in [9.17, 15) is 14.3 Å². The third-order valence-electron chi connectivity index (χ3n) is 3.49. The molecule has 1 amide bonds. The van der Waals surface area contributed by atoms with Crippen LogP contribution in [0.2, 0.25) is 0 Å². The molecule has 3 rings (SSSR count). The highest BCUT2D eigenvalue weighted by molar-refractivity contribution is 5.99. The summed E-state index contributed by atoms with van der Waals surface area (Å²) >= 11 is 0. The highest BCUT2D eigenvalue weighted by Crippen LogP contribution is 2.26. The number of carbonyl (C=O) groups excluding carboxylic acids is 1. The van der Waals surface area contributed by atoms with Gasteiger partial charge in [0.15, 0.2) is 11.4 Å². The number of halogens is 1. The van der Waals surface area contributed by atoms with E-state index in [-0.39, 0.29) is 22.8 Å². The van der Waals surface area contributed by atoms with E-state index < -0.39 is 5.91 Å². The maximum Gasteiger partial charge on any atom is 0.297 e. The lowest BCUT2D eigenvalue weighted by atomic mass is 10.0. The molecule has 0 saturated heterocycles. The minimum absolute atomic E-state index is 0.164. The Hall–Kier alpha value is -3.06. The zero-order chi connectivity index (χ0) is 17.1. The Morgan fingerprint density at radius 3 is 2.67 bits per heavy atom. The van der Waals surface area contributed by atoms with E-state index >= 15 is 0 Å². The number of hydrogen-bond donors (Lipinski definition) is 2. The number of aromatic hydroxyl groups is 1. The van der Waals surface area contributed by atoms with Crippen LogP contribution in [0.1, 0.15) is 21.6 Å². The molecule has 0 atom stereocenters. The number of nitrogens with zero attached hydrogens (tertiary/aromatic N) is 2. The lowest BCUT2D eigenvalue weighted by molar-refractivity contribution is 0.0530. The van der Waals surface area contributed by atoms with Crippen LogP contribution in [0.25, 0.3) is 10.9 Å². The molecule has 2 N–H and O–H groups in total. The zero-order valence-corrected chi connectivity index (χ0v) is 12.8. The van der Waals surface area contributed by atoms with Crippen molar-refractivity contribution < 1.29 is 19.1 Å². The van der Waals surface area contributed by atoms with Crippen LogP contribution in [-0.2, 0) is 11.3 Å². The van der Waals surface area contributed by atoms with E-state index in [1.54, 1.807) is 18.3 Å². The van der Waals surface area contributed by atoms with Gasteiger partial charge in [-0.05, 0) is 35.7 Å². The van der Waals surface area contributed by atoms with Gasteiger partial charge in [0.2, 0.25) is 0 Å². The van der Waals surface area contributed by atoms with Gasteiger partial charge in [-0.15, -0.1) is 0 Å². The first kappa shape index (κ1) is 15.8. The number of fused-ring (bicyclic) bond motifs is 1. The van der Waals surface area contributed by atoms with E-state index in [0.29, 0.717) is 11.8 Å². The predicted octanol–water partition coefficient (Wildman–Crippen LogP) is 2.36. The van der Waals surface area contributed by atoms with Crippen LogP contribution < -0.4 is 5.48 Å². The maximum absolute atomic E-state index is 12.9. The largest absolute Gasteiger partial charge is 0.504 e. The van der Waals surface area contributed by atoms with Gasteiger partial charge in [0.25, 0.3) is 5.91 Å². The number of benzene rings is 1. The number of nitrogens with one attached hydrogen (secondary N) is 1. The lowest BCUT2D eigenvalue weighted by Gasteiger charge is -2.08. The molecule has 7 heteroatoms. The van der Waals surface area contributed by atoms with Crippen LogP contribution in [-0.4, -0.2) is 28.1 Å². The van der Waals surface area contributed by atoms with Crippen LogP contribution in [0, 0.1) is 5.82 Å². The summed E-state index contributed by atoms with van der Waals surface area (Å²) in [5, 5.41) is 10.8. The first-order valence-electron chi connectivity index (χ1n) is 7.13. The molecule has 1 aromatic carbocycles. The third-order valence-corrected chi connectivity index (χ3v) is 3.49. The Balaban J connectivity index is 1.93. The number of aromatic nitrogens is 2. The molecule has 6 nitrogen and oxygen atoms in total. The van der Waals surface area contributed by atoms with Gasteiger partial charge in [-0.25, -0.2) is 14.9 Å². The molecular formula is C17H14FN3O3. The summed E-state index contributed by atoms with van der Waals surface area (Å²) in [7, 11) is 1.29. The minimum Gasteiger partial charge on any atom is -0.504 e.